The van der Waals surface area contributed by atoms with Gasteiger partial charge in [0.1, 0.15) is 11.8 Å². The van der Waals surface area contributed by atoms with Crippen LogP contribution in [0.5, 0.6) is 5.75 Å². The number of methoxy groups -OCH3 is 1. The lowest BCUT2D eigenvalue weighted by molar-refractivity contribution is -0.119. The number of aryl methyl sites for hydroxylation is 1. The van der Waals surface area contributed by atoms with Gasteiger partial charge in [0.25, 0.3) is 5.91 Å². The first kappa shape index (κ1) is 29.7. The molecule has 43 heavy (non-hydrogen) atoms. The molecule has 1 fully saturated rings. The monoisotopic (exact) mass is 597 g/mol. The molecule has 220 valence electrons. The van der Waals surface area contributed by atoms with E-state index in [2.05, 4.69) is 10.6 Å². The molecule has 4 aromatic carbocycles. The Labute approximate surface area is 250 Å². The number of para-hydroxylation sites is 1. The number of nitrogens with one attached hydrogen (secondary N) is 2. The van der Waals surface area contributed by atoms with Gasteiger partial charge in [-0.3, -0.25) is 14.4 Å². The zero-order valence-electron chi connectivity index (χ0n) is 23.7. The van der Waals surface area contributed by atoms with Crippen LogP contribution >= 0.6 is 0 Å². The van der Waals surface area contributed by atoms with Crippen LogP contribution in [0.1, 0.15) is 44.7 Å². The molecule has 1 atom stereocenters. The van der Waals surface area contributed by atoms with Crippen molar-refractivity contribution < 1.29 is 27.5 Å². The lowest BCUT2D eigenvalue weighted by Gasteiger charge is -2.24. The third-order valence-corrected chi connectivity index (χ3v) is 9.23. The molecule has 1 heterocycles. The Bertz CT molecular complexity index is 1770. The number of ketones is 1. The molecule has 1 aliphatic heterocycles. The Kier molecular flexibility index (Phi) is 8.70. The fraction of sp³-hybridized carbons (Fsp3) is 0.182. The van der Waals surface area contributed by atoms with Crippen molar-refractivity contribution in [3.05, 3.63) is 119 Å². The van der Waals surface area contributed by atoms with Gasteiger partial charge in [-0.15, -0.1) is 0 Å². The fourth-order valence-corrected chi connectivity index (χ4v) is 6.73. The molecule has 1 aliphatic rings. The predicted molar refractivity (Wildman–Crippen MR) is 164 cm³/mol. The molecule has 0 saturated carbocycles. The van der Waals surface area contributed by atoms with Gasteiger partial charge >= 0.3 is 0 Å². The Balaban J connectivity index is 1.36. The van der Waals surface area contributed by atoms with Gasteiger partial charge in [0, 0.05) is 17.7 Å². The molecule has 0 aliphatic carbocycles. The fourth-order valence-electron chi connectivity index (χ4n) is 5.07. The molecular formula is C33H31N3O6S. The number of hydrogen-bond acceptors (Lipinski definition) is 6. The third kappa shape index (κ3) is 6.35. The van der Waals surface area contributed by atoms with Gasteiger partial charge in [-0.2, -0.15) is 4.31 Å². The molecule has 1 unspecified atom stereocenters. The molecule has 2 amide bonds. The normalized spacial score (nSPS) is 15.1. The number of rotatable bonds is 9. The van der Waals surface area contributed by atoms with Gasteiger partial charge < -0.3 is 15.4 Å². The van der Waals surface area contributed by atoms with Crippen LogP contribution in [0.2, 0.25) is 0 Å². The second-order valence-corrected chi connectivity index (χ2v) is 12.1. The molecule has 9 nitrogen and oxygen atoms in total. The molecule has 0 radical (unpaired) electrons. The van der Waals surface area contributed by atoms with Crippen molar-refractivity contribution in [1.82, 2.24) is 4.31 Å². The maximum Gasteiger partial charge on any atom is 0.257 e. The van der Waals surface area contributed by atoms with Crippen LogP contribution in [0.4, 0.5) is 11.4 Å². The van der Waals surface area contributed by atoms with Crippen LogP contribution in [0.25, 0.3) is 0 Å². The number of hydrogen-bond donors (Lipinski definition) is 2. The van der Waals surface area contributed by atoms with Crippen LogP contribution in [-0.2, 0) is 14.8 Å². The smallest absolute Gasteiger partial charge is 0.257 e. The number of benzene rings is 4. The average Bonchev–Trinajstić information content (AvgIpc) is 3.54. The van der Waals surface area contributed by atoms with E-state index in [4.69, 9.17) is 4.74 Å². The number of carbonyl (C=O) groups is 3. The topological polar surface area (TPSA) is 122 Å². The van der Waals surface area contributed by atoms with Crippen molar-refractivity contribution >= 4 is 39.0 Å². The highest BCUT2D eigenvalue weighted by atomic mass is 32.2. The lowest BCUT2D eigenvalue weighted by atomic mass is 9.99. The largest absolute Gasteiger partial charge is 0.497 e. The molecular weight excluding hydrogens is 566 g/mol. The van der Waals surface area contributed by atoms with E-state index in [9.17, 15) is 22.8 Å². The van der Waals surface area contributed by atoms with Crippen LogP contribution in [0.3, 0.4) is 0 Å². The van der Waals surface area contributed by atoms with Crippen molar-refractivity contribution in [2.45, 2.75) is 30.7 Å². The first-order chi connectivity index (χ1) is 20.7. The highest BCUT2D eigenvalue weighted by molar-refractivity contribution is 7.89. The summed E-state index contributed by atoms with van der Waals surface area (Å²) in [5.74, 6) is -0.784. The number of ether oxygens (including phenoxy) is 1. The van der Waals surface area contributed by atoms with E-state index in [0.717, 1.165) is 5.56 Å². The Hall–Kier alpha value is -4.80. The molecule has 2 N–H and O–H groups in total. The molecule has 10 heteroatoms. The summed E-state index contributed by atoms with van der Waals surface area (Å²) in [6.45, 7) is 2.06. The molecule has 0 spiro atoms. The second kappa shape index (κ2) is 12.6. The SMILES string of the molecule is COc1ccc(S(=O)(=O)N2CCCC2C(=O)Nc2ccccc2C(=O)Nc2ccc(C)cc2C(=O)c2ccccc2)cc1. The molecule has 5 rings (SSSR count). The number of nitrogens with zero attached hydrogens (tertiary/aromatic N) is 1. The number of anilines is 2. The quantitative estimate of drug-likeness (QED) is 0.253. The summed E-state index contributed by atoms with van der Waals surface area (Å²) in [4.78, 5) is 40.3. The lowest BCUT2D eigenvalue weighted by Crippen LogP contribution is -2.43. The van der Waals surface area contributed by atoms with E-state index in [1.165, 1.54) is 23.5 Å². The Morgan fingerprint density at radius 2 is 1.49 bits per heavy atom. The van der Waals surface area contributed by atoms with Gasteiger partial charge in [0.2, 0.25) is 15.9 Å². The number of sulfonamides is 1. The molecule has 0 aromatic heterocycles. The van der Waals surface area contributed by atoms with Crippen molar-refractivity contribution in [1.29, 1.82) is 0 Å². The van der Waals surface area contributed by atoms with Crippen molar-refractivity contribution in [3.8, 4) is 5.75 Å². The summed E-state index contributed by atoms with van der Waals surface area (Å²) in [7, 11) is -2.46. The zero-order valence-corrected chi connectivity index (χ0v) is 24.6. The summed E-state index contributed by atoms with van der Waals surface area (Å²) in [5, 5.41) is 5.59. The van der Waals surface area contributed by atoms with E-state index in [0.29, 0.717) is 35.4 Å². The minimum absolute atomic E-state index is 0.0618. The van der Waals surface area contributed by atoms with Gasteiger partial charge in [-0.05, 0) is 68.3 Å². The van der Waals surface area contributed by atoms with E-state index in [-0.39, 0.29) is 28.5 Å². The van der Waals surface area contributed by atoms with Crippen LogP contribution in [-0.4, -0.2) is 50.0 Å². The predicted octanol–water partition coefficient (Wildman–Crippen LogP) is 5.28. The zero-order chi connectivity index (χ0) is 30.6. The van der Waals surface area contributed by atoms with E-state index in [1.54, 1.807) is 78.9 Å². The van der Waals surface area contributed by atoms with Gasteiger partial charge in [0.15, 0.2) is 5.78 Å². The molecule has 0 bridgehead atoms. The van der Waals surface area contributed by atoms with Gasteiger partial charge in [0.05, 0.1) is 28.9 Å². The van der Waals surface area contributed by atoms with Crippen LogP contribution in [0, 0.1) is 6.92 Å². The van der Waals surface area contributed by atoms with E-state index in [1.807, 2.05) is 13.0 Å². The highest BCUT2D eigenvalue weighted by Gasteiger charge is 2.39. The summed E-state index contributed by atoms with van der Waals surface area (Å²) in [5.41, 5.74) is 2.40. The van der Waals surface area contributed by atoms with Crippen molar-refractivity contribution in [2.75, 3.05) is 24.3 Å². The van der Waals surface area contributed by atoms with Crippen molar-refractivity contribution in [2.24, 2.45) is 0 Å². The molecule has 4 aromatic rings. The second-order valence-electron chi connectivity index (χ2n) is 10.2. The van der Waals surface area contributed by atoms with Gasteiger partial charge in [-0.25, -0.2) is 8.42 Å². The van der Waals surface area contributed by atoms with E-state index >= 15 is 0 Å². The Morgan fingerprint density at radius 3 is 2.21 bits per heavy atom. The number of carbonyl (C=O) groups excluding carboxylic acids is 3. The first-order valence-corrected chi connectivity index (χ1v) is 15.2. The molecule has 1 saturated heterocycles. The highest BCUT2D eigenvalue weighted by Crippen LogP contribution is 2.29. The summed E-state index contributed by atoms with van der Waals surface area (Å²) in [6, 6.07) is 25.5. The Morgan fingerprint density at radius 1 is 0.814 bits per heavy atom. The minimum atomic E-state index is -3.95. The maximum absolute atomic E-state index is 13.5. The summed E-state index contributed by atoms with van der Waals surface area (Å²) < 4.78 is 33.1. The first-order valence-electron chi connectivity index (χ1n) is 13.8. The van der Waals surface area contributed by atoms with Crippen LogP contribution < -0.4 is 15.4 Å². The van der Waals surface area contributed by atoms with Crippen LogP contribution in [0.15, 0.2) is 102 Å². The number of amides is 2. The summed E-state index contributed by atoms with van der Waals surface area (Å²) >= 11 is 0. The third-order valence-electron chi connectivity index (χ3n) is 7.31. The average molecular weight is 598 g/mol. The van der Waals surface area contributed by atoms with Gasteiger partial charge in [-0.1, -0.05) is 54.1 Å². The van der Waals surface area contributed by atoms with E-state index < -0.39 is 27.9 Å². The van der Waals surface area contributed by atoms with Crippen molar-refractivity contribution in [3.63, 3.8) is 0 Å². The summed E-state index contributed by atoms with van der Waals surface area (Å²) in [6.07, 6.45) is 0.852. The minimum Gasteiger partial charge on any atom is -0.497 e. The maximum atomic E-state index is 13.5. The standard InChI is InChI=1S/C33H31N3O6S/c1-22-14-19-29(27(21-22)31(37)23-9-4-3-5-10-23)34-32(38)26-11-6-7-12-28(26)35-33(39)30-13-8-20-36(30)43(40,41)25-17-15-24(42-2)16-18-25/h3-7,9-12,14-19,21,30H,8,13,20H2,1-2H3,(H,34,38)(H,35,39).